The average molecular weight is 234 g/mol. The lowest BCUT2D eigenvalue weighted by Gasteiger charge is -2.28. The standard InChI is InChI=1S/C15H22O2/c1-5-15(3,4)12(2)14(16)17-11-13-9-7-6-8-10-13/h6-10,12H,5,11H2,1-4H3. The third kappa shape index (κ3) is 3.88. The SMILES string of the molecule is CCC(C)(C)C(C)C(=O)OCc1ccccc1. The molecule has 0 aliphatic rings. The molecule has 0 aromatic heterocycles. The van der Waals surface area contributed by atoms with Crippen molar-refractivity contribution < 1.29 is 9.53 Å². The quantitative estimate of drug-likeness (QED) is 0.724. The van der Waals surface area contributed by atoms with Gasteiger partial charge in [0.15, 0.2) is 0 Å². The second-order valence-electron chi connectivity index (χ2n) is 5.16. The van der Waals surface area contributed by atoms with Gasteiger partial charge in [0.25, 0.3) is 0 Å². The number of hydrogen-bond donors (Lipinski definition) is 0. The minimum Gasteiger partial charge on any atom is -0.461 e. The van der Waals surface area contributed by atoms with E-state index in [0.717, 1.165) is 12.0 Å². The van der Waals surface area contributed by atoms with Crippen LogP contribution in [0.2, 0.25) is 0 Å². The van der Waals surface area contributed by atoms with Crippen LogP contribution in [0.3, 0.4) is 0 Å². The predicted molar refractivity (Wildman–Crippen MR) is 69.5 cm³/mol. The van der Waals surface area contributed by atoms with Crippen LogP contribution >= 0.6 is 0 Å². The van der Waals surface area contributed by atoms with E-state index in [1.807, 2.05) is 37.3 Å². The summed E-state index contributed by atoms with van der Waals surface area (Å²) >= 11 is 0. The monoisotopic (exact) mass is 234 g/mol. The molecule has 0 aliphatic carbocycles. The Morgan fingerprint density at radius 2 is 1.88 bits per heavy atom. The summed E-state index contributed by atoms with van der Waals surface area (Å²) in [6.45, 7) is 8.60. The summed E-state index contributed by atoms with van der Waals surface area (Å²) in [6.07, 6.45) is 0.967. The van der Waals surface area contributed by atoms with Crippen LogP contribution in [-0.2, 0) is 16.1 Å². The molecule has 0 heterocycles. The van der Waals surface area contributed by atoms with E-state index in [0.29, 0.717) is 6.61 Å². The Hall–Kier alpha value is -1.31. The molecule has 1 rings (SSSR count). The molecular formula is C15H22O2. The maximum Gasteiger partial charge on any atom is 0.309 e. The Morgan fingerprint density at radius 3 is 2.41 bits per heavy atom. The molecule has 1 atom stereocenters. The Bertz CT molecular complexity index is 354. The summed E-state index contributed by atoms with van der Waals surface area (Å²) < 4.78 is 5.34. The van der Waals surface area contributed by atoms with Crippen LogP contribution < -0.4 is 0 Å². The minimum atomic E-state index is -0.110. The van der Waals surface area contributed by atoms with E-state index < -0.39 is 0 Å². The number of rotatable bonds is 5. The highest BCUT2D eigenvalue weighted by Crippen LogP contribution is 2.31. The lowest BCUT2D eigenvalue weighted by molar-refractivity contribution is -0.153. The van der Waals surface area contributed by atoms with Gasteiger partial charge in [-0.3, -0.25) is 4.79 Å². The molecule has 0 fully saturated rings. The highest BCUT2D eigenvalue weighted by molar-refractivity contribution is 5.72. The minimum absolute atomic E-state index is 0.00618. The molecule has 2 nitrogen and oxygen atoms in total. The molecule has 94 valence electrons. The van der Waals surface area contributed by atoms with Crippen LogP contribution in [0.4, 0.5) is 0 Å². The zero-order valence-corrected chi connectivity index (χ0v) is 11.2. The van der Waals surface area contributed by atoms with Gasteiger partial charge in [0, 0.05) is 0 Å². The van der Waals surface area contributed by atoms with Crippen molar-refractivity contribution in [2.24, 2.45) is 11.3 Å². The summed E-state index contributed by atoms with van der Waals surface area (Å²) in [5.41, 5.74) is 1.02. The van der Waals surface area contributed by atoms with Crippen molar-refractivity contribution >= 4 is 5.97 Å². The highest BCUT2D eigenvalue weighted by atomic mass is 16.5. The van der Waals surface area contributed by atoms with Gasteiger partial charge in [-0.15, -0.1) is 0 Å². The van der Waals surface area contributed by atoms with Crippen LogP contribution in [-0.4, -0.2) is 5.97 Å². The zero-order chi connectivity index (χ0) is 12.9. The molecule has 0 spiro atoms. The Kier molecular flexibility index (Phi) is 4.73. The van der Waals surface area contributed by atoms with Crippen molar-refractivity contribution in [1.82, 2.24) is 0 Å². The van der Waals surface area contributed by atoms with Crippen molar-refractivity contribution in [1.29, 1.82) is 0 Å². The number of ether oxygens (including phenoxy) is 1. The fraction of sp³-hybridized carbons (Fsp3) is 0.533. The fourth-order valence-electron chi connectivity index (χ4n) is 1.48. The van der Waals surface area contributed by atoms with Gasteiger partial charge in [0.1, 0.15) is 6.61 Å². The van der Waals surface area contributed by atoms with Gasteiger partial charge in [-0.2, -0.15) is 0 Å². The maximum absolute atomic E-state index is 11.9. The molecule has 0 N–H and O–H groups in total. The topological polar surface area (TPSA) is 26.3 Å². The molecule has 1 aromatic rings. The van der Waals surface area contributed by atoms with Gasteiger partial charge >= 0.3 is 5.97 Å². The average Bonchev–Trinajstić information content (AvgIpc) is 2.36. The molecule has 0 bridgehead atoms. The van der Waals surface area contributed by atoms with E-state index in [9.17, 15) is 4.79 Å². The van der Waals surface area contributed by atoms with Gasteiger partial charge < -0.3 is 4.74 Å². The number of carbonyl (C=O) groups is 1. The van der Waals surface area contributed by atoms with Crippen molar-refractivity contribution in [2.45, 2.75) is 40.7 Å². The lowest BCUT2D eigenvalue weighted by Crippen LogP contribution is -2.29. The molecule has 0 saturated heterocycles. The van der Waals surface area contributed by atoms with Crippen molar-refractivity contribution in [3.8, 4) is 0 Å². The highest BCUT2D eigenvalue weighted by Gasteiger charge is 2.30. The van der Waals surface area contributed by atoms with Crippen LogP contribution in [0, 0.1) is 11.3 Å². The van der Waals surface area contributed by atoms with Gasteiger partial charge in [0.05, 0.1) is 5.92 Å². The Labute approximate surface area is 104 Å². The molecule has 0 radical (unpaired) electrons. The molecule has 2 heteroatoms. The maximum atomic E-state index is 11.9. The van der Waals surface area contributed by atoms with Crippen molar-refractivity contribution in [3.63, 3.8) is 0 Å². The first-order chi connectivity index (χ1) is 7.97. The van der Waals surface area contributed by atoms with Gasteiger partial charge in [-0.25, -0.2) is 0 Å². The number of hydrogen-bond acceptors (Lipinski definition) is 2. The van der Waals surface area contributed by atoms with Gasteiger partial charge in [-0.1, -0.05) is 64.4 Å². The molecule has 0 aliphatic heterocycles. The molecule has 0 saturated carbocycles. The van der Waals surface area contributed by atoms with Crippen molar-refractivity contribution in [2.75, 3.05) is 0 Å². The molecule has 1 aromatic carbocycles. The van der Waals surface area contributed by atoms with E-state index in [1.165, 1.54) is 0 Å². The third-order valence-electron chi connectivity index (χ3n) is 3.66. The first-order valence-electron chi connectivity index (χ1n) is 6.18. The van der Waals surface area contributed by atoms with E-state index >= 15 is 0 Å². The predicted octanol–water partition coefficient (Wildman–Crippen LogP) is 3.80. The summed E-state index contributed by atoms with van der Waals surface area (Å²) in [5.74, 6) is -0.183. The molecule has 1 unspecified atom stereocenters. The van der Waals surface area contributed by atoms with Crippen molar-refractivity contribution in [3.05, 3.63) is 35.9 Å². The van der Waals surface area contributed by atoms with E-state index in [4.69, 9.17) is 4.74 Å². The second kappa shape index (κ2) is 5.85. The lowest BCUT2D eigenvalue weighted by atomic mass is 9.78. The van der Waals surface area contributed by atoms with Crippen LogP contribution in [0.1, 0.15) is 39.7 Å². The van der Waals surface area contributed by atoms with Crippen LogP contribution in [0.25, 0.3) is 0 Å². The summed E-state index contributed by atoms with van der Waals surface area (Å²) in [7, 11) is 0. The molecule has 17 heavy (non-hydrogen) atoms. The largest absolute Gasteiger partial charge is 0.461 e. The van der Waals surface area contributed by atoms with Gasteiger partial charge in [-0.05, 0) is 11.0 Å². The third-order valence-corrected chi connectivity index (χ3v) is 3.66. The zero-order valence-electron chi connectivity index (χ0n) is 11.2. The molecule has 0 amide bonds. The van der Waals surface area contributed by atoms with E-state index in [1.54, 1.807) is 0 Å². The van der Waals surface area contributed by atoms with Crippen LogP contribution in [0.5, 0.6) is 0 Å². The van der Waals surface area contributed by atoms with Crippen LogP contribution in [0.15, 0.2) is 30.3 Å². The number of benzene rings is 1. The fourth-order valence-corrected chi connectivity index (χ4v) is 1.48. The summed E-state index contributed by atoms with van der Waals surface area (Å²) in [6, 6.07) is 9.77. The molecular weight excluding hydrogens is 212 g/mol. The first kappa shape index (κ1) is 13.8. The Morgan fingerprint density at radius 1 is 1.29 bits per heavy atom. The normalized spacial score (nSPS) is 13.2. The number of carbonyl (C=O) groups excluding carboxylic acids is 1. The van der Waals surface area contributed by atoms with Gasteiger partial charge in [0.2, 0.25) is 0 Å². The van der Waals surface area contributed by atoms with E-state index in [-0.39, 0.29) is 17.3 Å². The summed E-state index contributed by atoms with van der Waals surface area (Å²) in [4.78, 5) is 11.9. The summed E-state index contributed by atoms with van der Waals surface area (Å²) in [5, 5.41) is 0. The van der Waals surface area contributed by atoms with E-state index in [2.05, 4.69) is 20.8 Å². The first-order valence-corrected chi connectivity index (χ1v) is 6.18. The smallest absolute Gasteiger partial charge is 0.309 e. The number of esters is 1. The Balaban J connectivity index is 2.51. The second-order valence-corrected chi connectivity index (χ2v) is 5.16.